The largest absolute Gasteiger partial charge is 0.466 e. The number of amides is 2. The highest BCUT2D eigenvalue weighted by Gasteiger charge is 2.25. The van der Waals surface area contributed by atoms with E-state index in [1.165, 1.54) is 9.80 Å². The normalized spacial score (nSPS) is 12.3. The van der Waals surface area contributed by atoms with Crippen LogP contribution in [0.2, 0.25) is 0 Å². The zero-order valence-corrected chi connectivity index (χ0v) is 17.3. The maximum Gasteiger partial charge on any atom is 0.410 e. The van der Waals surface area contributed by atoms with Crippen molar-refractivity contribution in [3.63, 3.8) is 0 Å². The van der Waals surface area contributed by atoms with Gasteiger partial charge < -0.3 is 24.6 Å². The number of nitrogens with zero attached hydrogens (tertiary/aromatic N) is 2. The Bertz CT molecular complexity index is 462. The summed E-state index contributed by atoms with van der Waals surface area (Å²) in [4.78, 5) is 39.1. The van der Waals surface area contributed by atoms with Crippen LogP contribution in [0.25, 0.3) is 0 Å². The fourth-order valence-corrected chi connectivity index (χ4v) is 1.98. The van der Waals surface area contributed by atoms with Crippen molar-refractivity contribution < 1.29 is 23.9 Å². The molecule has 0 fully saturated rings. The minimum absolute atomic E-state index is 0.0225. The third-order valence-corrected chi connectivity index (χ3v) is 3.63. The van der Waals surface area contributed by atoms with E-state index in [2.05, 4.69) is 5.32 Å². The molecule has 0 aromatic carbocycles. The first-order chi connectivity index (χ1) is 12.0. The molecule has 26 heavy (non-hydrogen) atoms. The van der Waals surface area contributed by atoms with Crippen LogP contribution in [-0.4, -0.2) is 80.3 Å². The van der Waals surface area contributed by atoms with Gasteiger partial charge in [0.05, 0.1) is 19.1 Å². The molecule has 0 aliphatic heterocycles. The van der Waals surface area contributed by atoms with Crippen LogP contribution < -0.4 is 5.32 Å². The summed E-state index contributed by atoms with van der Waals surface area (Å²) in [5.41, 5.74) is -0.567. The molecule has 0 rings (SSSR count). The minimum Gasteiger partial charge on any atom is -0.466 e. The summed E-state index contributed by atoms with van der Waals surface area (Å²) < 4.78 is 10.4. The fourth-order valence-electron chi connectivity index (χ4n) is 1.98. The van der Waals surface area contributed by atoms with E-state index >= 15 is 0 Å². The van der Waals surface area contributed by atoms with Gasteiger partial charge in [0.1, 0.15) is 5.60 Å². The van der Waals surface area contributed by atoms with Gasteiger partial charge in [0.15, 0.2) is 0 Å². The van der Waals surface area contributed by atoms with Crippen molar-refractivity contribution in [2.45, 2.75) is 58.6 Å². The first kappa shape index (κ1) is 24.2. The van der Waals surface area contributed by atoms with E-state index in [0.717, 1.165) is 12.8 Å². The van der Waals surface area contributed by atoms with Crippen molar-refractivity contribution in [1.29, 1.82) is 0 Å². The molecule has 0 heterocycles. The molecular weight excluding hydrogens is 338 g/mol. The number of carbonyl (C=O) groups is 3. The maximum atomic E-state index is 12.5. The standard InChI is InChI=1S/C18H35N3O5/c1-8-9-12-25-15(22)13-14(19-5)16(23)20(6)10-11-21(7)17(24)26-18(2,3)4/h14,19H,8-13H2,1-7H3/t14-/m0/s1. The number of likely N-dealkylation sites (N-methyl/N-ethyl adjacent to an activating group) is 3. The van der Waals surface area contributed by atoms with Gasteiger partial charge in [0.25, 0.3) is 0 Å². The second-order valence-electron chi connectivity index (χ2n) is 7.28. The molecule has 0 spiro atoms. The van der Waals surface area contributed by atoms with Crippen LogP contribution in [0.3, 0.4) is 0 Å². The number of hydrogen-bond acceptors (Lipinski definition) is 6. The van der Waals surface area contributed by atoms with Gasteiger partial charge in [-0.3, -0.25) is 9.59 Å². The highest BCUT2D eigenvalue weighted by molar-refractivity contribution is 5.86. The molecule has 2 amide bonds. The van der Waals surface area contributed by atoms with Gasteiger partial charge in [0, 0.05) is 27.2 Å². The SMILES string of the molecule is CCCCOC(=O)C[C@H](NC)C(=O)N(C)CCN(C)C(=O)OC(C)(C)C. The summed E-state index contributed by atoms with van der Waals surface area (Å²) in [5, 5.41) is 2.85. The van der Waals surface area contributed by atoms with Crippen LogP contribution in [0, 0.1) is 0 Å². The van der Waals surface area contributed by atoms with Crippen molar-refractivity contribution >= 4 is 18.0 Å². The van der Waals surface area contributed by atoms with Crippen molar-refractivity contribution in [1.82, 2.24) is 15.1 Å². The summed E-state index contributed by atoms with van der Waals surface area (Å²) in [5.74, 6) is -0.622. The average molecular weight is 373 g/mol. The van der Waals surface area contributed by atoms with Crippen LogP contribution in [0.5, 0.6) is 0 Å². The molecule has 0 unspecified atom stereocenters. The molecule has 0 saturated heterocycles. The monoisotopic (exact) mass is 373 g/mol. The average Bonchev–Trinajstić information content (AvgIpc) is 2.55. The van der Waals surface area contributed by atoms with E-state index in [0.29, 0.717) is 19.7 Å². The minimum atomic E-state index is -0.652. The van der Waals surface area contributed by atoms with Crippen molar-refractivity contribution in [3.8, 4) is 0 Å². The molecule has 0 aromatic heterocycles. The Morgan fingerprint density at radius 2 is 1.65 bits per heavy atom. The van der Waals surface area contributed by atoms with E-state index in [1.807, 2.05) is 6.92 Å². The van der Waals surface area contributed by atoms with E-state index in [9.17, 15) is 14.4 Å². The number of carbonyl (C=O) groups excluding carboxylic acids is 3. The van der Waals surface area contributed by atoms with Gasteiger partial charge >= 0.3 is 12.1 Å². The van der Waals surface area contributed by atoms with Crippen molar-refractivity contribution in [2.75, 3.05) is 40.8 Å². The zero-order valence-electron chi connectivity index (χ0n) is 17.3. The van der Waals surface area contributed by atoms with Crippen LogP contribution in [-0.2, 0) is 19.1 Å². The number of nitrogens with one attached hydrogen (secondary N) is 1. The zero-order chi connectivity index (χ0) is 20.3. The third kappa shape index (κ3) is 10.2. The lowest BCUT2D eigenvalue weighted by atomic mass is 10.2. The highest BCUT2D eigenvalue weighted by atomic mass is 16.6. The quantitative estimate of drug-likeness (QED) is 0.463. The Morgan fingerprint density at radius 1 is 1.08 bits per heavy atom. The van der Waals surface area contributed by atoms with E-state index in [4.69, 9.17) is 9.47 Å². The van der Waals surface area contributed by atoms with Gasteiger partial charge in [0.2, 0.25) is 5.91 Å². The van der Waals surface area contributed by atoms with Gasteiger partial charge in [-0.25, -0.2) is 4.79 Å². The number of hydrogen-bond donors (Lipinski definition) is 1. The second-order valence-corrected chi connectivity index (χ2v) is 7.28. The molecule has 1 atom stereocenters. The lowest BCUT2D eigenvalue weighted by Gasteiger charge is -2.27. The number of unbranched alkanes of at least 4 members (excludes halogenated alkanes) is 1. The number of rotatable bonds is 10. The predicted molar refractivity (Wildman–Crippen MR) is 99.8 cm³/mol. The summed E-state index contributed by atoms with van der Waals surface area (Å²) in [6.07, 6.45) is 1.28. The lowest BCUT2D eigenvalue weighted by Crippen LogP contribution is -2.47. The predicted octanol–water partition coefficient (Wildman–Crippen LogP) is 1.63. The Balaban J connectivity index is 4.44. The van der Waals surface area contributed by atoms with Crippen LogP contribution in [0.1, 0.15) is 47.0 Å². The molecule has 1 N–H and O–H groups in total. The van der Waals surface area contributed by atoms with Gasteiger partial charge in [-0.2, -0.15) is 0 Å². The molecule has 0 aliphatic rings. The molecule has 0 aliphatic carbocycles. The first-order valence-corrected chi connectivity index (χ1v) is 9.03. The molecule has 152 valence electrons. The summed E-state index contributed by atoms with van der Waals surface area (Å²) in [6, 6.07) is -0.652. The van der Waals surface area contributed by atoms with Crippen LogP contribution in [0.15, 0.2) is 0 Å². The fraction of sp³-hybridized carbons (Fsp3) is 0.833. The molecule has 8 nitrogen and oxygen atoms in total. The Hall–Kier alpha value is -1.83. The van der Waals surface area contributed by atoms with E-state index in [-0.39, 0.29) is 12.3 Å². The Labute approximate surface area is 157 Å². The third-order valence-electron chi connectivity index (χ3n) is 3.63. The van der Waals surface area contributed by atoms with Crippen LogP contribution >= 0.6 is 0 Å². The Morgan fingerprint density at radius 3 is 2.15 bits per heavy atom. The molecular formula is C18H35N3O5. The molecule has 8 heteroatoms. The molecule has 0 radical (unpaired) electrons. The van der Waals surface area contributed by atoms with Crippen LogP contribution in [0.4, 0.5) is 4.79 Å². The number of esters is 1. The summed E-state index contributed by atoms with van der Waals surface area (Å²) in [6.45, 7) is 8.43. The first-order valence-electron chi connectivity index (χ1n) is 9.03. The van der Waals surface area contributed by atoms with Crippen molar-refractivity contribution in [3.05, 3.63) is 0 Å². The summed E-state index contributed by atoms with van der Waals surface area (Å²) in [7, 11) is 4.88. The smallest absolute Gasteiger partial charge is 0.410 e. The topological polar surface area (TPSA) is 88.2 Å². The van der Waals surface area contributed by atoms with Gasteiger partial charge in [-0.15, -0.1) is 0 Å². The van der Waals surface area contributed by atoms with Crippen molar-refractivity contribution in [2.24, 2.45) is 0 Å². The summed E-state index contributed by atoms with van der Waals surface area (Å²) >= 11 is 0. The maximum absolute atomic E-state index is 12.5. The number of ether oxygens (including phenoxy) is 2. The molecule has 0 aromatic rings. The van der Waals surface area contributed by atoms with Gasteiger partial charge in [-0.05, 0) is 34.2 Å². The second kappa shape index (κ2) is 11.7. The highest BCUT2D eigenvalue weighted by Crippen LogP contribution is 2.09. The molecule has 0 bridgehead atoms. The lowest BCUT2D eigenvalue weighted by molar-refractivity contribution is -0.147. The van der Waals surface area contributed by atoms with E-state index < -0.39 is 23.7 Å². The van der Waals surface area contributed by atoms with Gasteiger partial charge in [-0.1, -0.05) is 13.3 Å². The Kier molecular flexibility index (Phi) is 10.9. The van der Waals surface area contributed by atoms with E-state index in [1.54, 1.807) is 41.9 Å². The molecule has 0 saturated carbocycles.